The molecule has 0 heterocycles. The molecule has 0 aliphatic heterocycles. The van der Waals surface area contributed by atoms with Crippen LogP contribution in [-0.4, -0.2) is 69.1 Å². The highest BCUT2D eigenvalue weighted by Crippen LogP contribution is 2.47. The van der Waals surface area contributed by atoms with Crippen molar-refractivity contribution in [3.63, 3.8) is 0 Å². The molecule has 0 fully saturated rings. The van der Waals surface area contributed by atoms with Gasteiger partial charge in [0.1, 0.15) is 5.75 Å². The minimum Gasteiger partial charge on any atom is -0.507 e. The lowest BCUT2D eigenvalue weighted by Gasteiger charge is -2.40. The van der Waals surface area contributed by atoms with Crippen LogP contribution in [0.5, 0.6) is 5.75 Å². The Kier molecular flexibility index (Phi) is 8.75. The number of aromatic hydroxyl groups is 1. The lowest BCUT2D eigenvalue weighted by molar-refractivity contribution is -0.391. The van der Waals surface area contributed by atoms with E-state index in [0.29, 0.717) is 0 Å². The Morgan fingerprint density at radius 2 is 0.821 bits per heavy atom. The third-order valence-corrected chi connectivity index (χ3v) is 4.54. The van der Waals surface area contributed by atoms with Gasteiger partial charge in [0.25, 0.3) is 0 Å². The molecule has 0 spiro atoms. The Bertz CT molecular complexity index is 596. The molecule has 0 aliphatic carbocycles. The molecule has 162 valence electrons. The second kappa shape index (κ2) is 9.92. The van der Waals surface area contributed by atoms with Crippen LogP contribution in [-0.2, 0) is 60.6 Å². The fourth-order valence-corrected chi connectivity index (χ4v) is 3.17. The molecule has 1 N–H and O–H groups in total. The quantitative estimate of drug-likeness (QED) is 0.514. The summed E-state index contributed by atoms with van der Waals surface area (Å²) in [5, 5.41) is 10.7. The molecule has 28 heavy (non-hydrogen) atoms. The molecule has 0 saturated heterocycles. The minimum absolute atomic E-state index is 0.00132. The van der Waals surface area contributed by atoms with Crippen molar-refractivity contribution in [3.05, 3.63) is 28.8 Å². The molecule has 1 aromatic carbocycles. The molecule has 0 radical (unpaired) electrons. The van der Waals surface area contributed by atoms with Gasteiger partial charge in [-0.25, -0.2) is 0 Å². The van der Waals surface area contributed by atoms with Gasteiger partial charge >= 0.3 is 17.9 Å². The van der Waals surface area contributed by atoms with Gasteiger partial charge in [-0.05, 0) is 12.1 Å². The Morgan fingerprint density at radius 3 is 1.14 bits per heavy atom. The second-order valence-electron chi connectivity index (χ2n) is 5.39. The number of benzene rings is 1. The van der Waals surface area contributed by atoms with Gasteiger partial charge in [-0.15, -0.1) is 0 Å². The Morgan fingerprint density at radius 1 is 0.500 bits per heavy atom. The molecule has 10 nitrogen and oxygen atoms in total. The van der Waals surface area contributed by atoms with Gasteiger partial charge in [-0.3, -0.25) is 0 Å². The molecular weight excluding hydrogens is 376 g/mol. The number of ether oxygens (including phenoxy) is 9. The van der Waals surface area contributed by atoms with Crippen molar-refractivity contribution in [1.82, 2.24) is 0 Å². The first-order chi connectivity index (χ1) is 13.3. The maximum atomic E-state index is 10.7. The predicted molar refractivity (Wildman–Crippen MR) is 96.2 cm³/mol. The van der Waals surface area contributed by atoms with Crippen LogP contribution in [0.4, 0.5) is 0 Å². The molecule has 0 saturated carbocycles. The van der Waals surface area contributed by atoms with E-state index < -0.39 is 17.9 Å². The summed E-state index contributed by atoms with van der Waals surface area (Å²) in [6.45, 7) is 0. The van der Waals surface area contributed by atoms with E-state index in [4.69, 9.17) is 42.6 Å². The number of hydrogen-bond acceptors (Lipinski definition) is 10. The van der Waals surface area contributed by atoms with Crippen LogP contribution in [0.25, 0.3) is 0 Å². The van der Waals surface area contributed by atoms with Gasteiger partial charge in [0.15, 0.2) is 0 Å². The third kappa shape index (κ3) is 3.75. The van der Waals surface area contributed by atoms with Crippen molar-refractivity contribution in [2.24, 2.45) is 0 Å². The van der Waals surface area contributed by atoms with Gasteiger partial charge in [-0.2, -0.15) is 0 Å². The Labute approximate surface area is 165 Å². The first-order valence-corrected chi connectivity index (χ1v) is 8.15. The zero-order chi connectivity index (χ0) is 21.6. The minimum atomic E-state index is -1.85. The number of rotatable bonds is 12. The average molecular weight is 406 g/mol. The summed E-state index contributed by atoms with van der Waals surface area (Å²) in [5.41, 5.74) is 0.337. The summed E-state index contributed by atoms with van der Waals surface area (Å²) in [7, 11) is 12.2. The van der Waals surface area contributed by atoms with E-state index in [1.54, 1.807) is 0 Å². The van der Waals surface area contributed by atoms with Crippen LogP contribution in [0.2, 0.25) is 0 Å². The normalized spacial score (nSPS) is 13.2. The zero-order valence-corrected chi connectivity index (χ0v) is 17.8. The van der Waals surface area contributed by atoms with Gasteiger partial charge in [0, 0.05) is 64.0 Å². The average Bonchev–Trinajstić information content (AvgIpc) is 2.75. The molecule has 1 aromatic rings. The van der Waals surface area contributed by atoms with Crippen molar-refractivity contribution < 1.29 is 47.7 Å². The van der Waals surface area contributed by atoms with Gasteiger partial charge in [0.05, 0.1) is 16.7 Å². The first-order valence-electron chi connectivity index (χ1n) is 8.15. The largest absolute Gasteiger partial charge is 0.507 e. The molecule has 0 bridgehead atoms. The Balaban J connectivity index is 4.21. The van der Waals surface area contributed by atoms with Crippen LogP contribution >= 0.6 is 0 Å². The highest BCUT2D eigenvalue weighted by molar-refractivity contribution is 5.49. The van der Waals surface area contributed by atoms with E-state index >= 15 is 0 Å². The van der Waals surface area contributed by atoms with Crippen molar-refractivity contribution in [1.29, 1.82) is 0 Å². The fourth-order valence-electron chi connectivity index (χ4n) is 3.17. The third-order valence-electron chi connectivity index (χ3n) is 4.54. The van der Waals surface area contributed by atoms with E-state index in [-0.39, 0.29) is 22.4 Å². The van der Waals surface area contributed by atoms with Crippen LogP contribution < -0.4 is 0 Å². The fraction of sp³-hybridized carbons (Fsp3) is 0.667. The molecule has 1 rings (SSSR count). The van der Waals surface area contributed by atoms with E-state index in [1.807, 2.05) is 0 Å². The van der Waals surface area contributed by atoms with E-state index in [9.17, 15) is 5.11 Å². The zero-order valence-electron chi connectivity index (χ0n) is 17.8. The maximum Gasteiger partial charge on any atom is 0.315 e. The van der Waals surface area contributed by atoms with Crippen molar-refractivity contribution in [2.45, 2.75) is 17.9 Å². The van der Waals surface area contributed by atoms with E-state index in [1.165, 1.54) is 76.1 Å². The predicted octanol–water partition coefficient (Wildman–Crippen LogP) is 1.54. The highest BCUT2D eigenvalue weighted by atomic mass is 16.9. The molecule has 10 heteroatoms. The first kappa shape index (κ1) is 24.7. The molecule has 0 unspecified atom stereocenters. The maximum absolute atomic E-state index is 10.7. The van der Waals surface area contributed by atoms with Crippen LogP contribution in [0.3, 0.4) is 0 Å². The molecule has 0 atom stereocenters. The smallest absolute Gasteiger partial charge is 0.315 e. The summed E-state index contributed by atoms with van der Waals surface area (Å²) in [6.07, 6.45) is 0. The van der Waals surface area contributed by atoms with Crippen molar-refractivity contribution >= 4 is 0 Å². The number of phenols is 1. The van der Waals surface area contributed by atoms with E-state index in [2.05, 4.69) is 0 Å². The topological polar surface area (TPSA) is 103 Å². The van der Waals surface area contributed by atoms with Gasteiger partial charge in [-0.1, -0.05) is 0 Å². The Hall–Kier alpha value is -1.34. The van der Waals surface area contributed by atoms with Crippen LogP contribution in [0, 0.1) is 0 Å². The summed E-state index contributed by atoms with van der Waals surface area (Å²) >= 11 is 0. The van der Waals surface area contributed by atoms with Gasteiger partial charge in [0.2, 0.25) is 0 Å². The number of hydrogen-bond donors (Lipinski definition) is 1. The van der Waals surface area contributed by atoms with Crippen LogP contribution in [0.1, 0.15) is 16.7 Å². The van der Waals surface area contributed by atoms with Gasteiger partial charge < -0.3 is 47.7 Å². The molecule has 0 amide bonds. The van der Waals surface area contributed by atoms with Crippen molar-refractivity contribution in [3.8, 4) is 5.75 Å². The molecule has 0 aromatic heterocycles. The lowest BCUT2D eigenvalue weighted by atomic mass is 9.94. The summed E-state index contributed by atoms with van der Waals surface area (Å²) in [5.74, 6) is -5.65. The lowest BCUT2D eigenvalue weighted by Crippen LogP contribution is -2.45. The summed E-state index contributed by atoms with van der Waals surface area (Å²) in [4.78, 5) is 0. The van der Waals surface area contributed by atoms with Crippen LogP contribution in [0.15, 0.2) is 12.1 Å². The molecule has 0 aliphatic rings. The number of methoxy groups -OCH3 is 9. The second-order valence-corrected chi connectivity index (χ2v) is 5.39. The highest BCUT2D eigenvalue weighted by Gasteiger charge is 2.51. The SMILES string of the molecule is COC(OC)(OC)c1ccc(O)c(C(OC)(OC)OC)c1C(OC)(OC)OC. The monoisotopic (exact) mass is 406 g/mol. The number of phenolic OH excluding ortho intramolecular Hbond substituents is 1. The summed E-state index contributed by atoms with van der Waals surface area (Å²) < 4.78 is 49.4. The van der Waals surface area contributed by atoms with E-state index in [0.717, 1.165) is 0 Å². The molecular formula is C18H30O10. The van der Waals surface area contributed by atoms with Crippen molar-refractivity contribution in [2.75, 3.05) is 64.0 Å². The summed E-state index contributed by atoms with van der Waals surface area (Å²) in [6, 6.07) is 2.87. The standard InChI is InChI=1S/C18H30O10/c1-20-16(21-2,22-3)12-10-11-13(19)15(18(26-7,27-8)28-9)14(12)17(23-4,24-5)25-6/h10-11,19H,1-9H3.